The van der Waals surface area contributed by atoms with Crippen LogP contribution in [0.5, 0.6) is 0 Å². The number of carbonyl (C=O) groups excluding carboxylic acids is 1. The number of benzene rings is 2. The van der Waals surface area contributed by atoms with Crippen molar-refractivity contribution in [3.63, 3.8) is 0 Å². The first kappa shape index (κ1) is 22.9. The molecular formula is C23H32N2O3S. The van der Waals surface area contributed by atoms with Crippen molar-refractivity contribution >= 4 is 21.6 Å². The van der Waals surface area contributed by atoms with Gasteiger partial charge in [-0.25, -0.2) is 8.42 Å². The van der Waals surface area contributed by atoms with Crippen LogP contribution in [0.4, 0.5) is 5.69 Å². The van der Waals surface area contributed by atoms with Gasteiger partial charge in [0.15, 0.2) is 0 Å². The molecule has 0 saturated heterocycles. The molecule has 6 heteroatoms. The van der Waals surface area contributed by atoms with Crippen molar-refractivity contribution in [2.45, 2.75) is 53.0 Å². The zero-order valence-corrected chi connectivity index (χ0v) is 18.8. The van der Waals surface area contributed by atoms with Crippen LogP contribution in [0.3, 0.4) is 0 Å². The fraction of sp³-hybridized carbons (Fsp3) is 0.435. The standard InChI is InChI=1S/C23H32N2O3S/c1-6-20-12-14-21(15-13-20)19(4)24-23(26)11-8-16-25(29(5,27)28)22-10-7-9-17(2)18(22)3/h7,9-10,12-15,19H,6,8,11,16H2,1-5H3,(H,24,26)/t19-/m1/s1. The highest BCUT2D eigenvalue weighted by molar-refractivity contribution is 7.92. The highest BCUT2D eigenvalue weighted by Gasteiger charge is 2.20. The average Bonchev–Trinajstić information content (AvgIpc) is 2.67. The third-order valence-electron chi connectivity index (χ3n) is 5.28. The Morgan fingerprint density at radius 3 is 2.34 bits per heavy atom. The van der Waals surface area contributed by atoms with Gasteiger partial charge in [0.25, 0.3) is 0 Å². The minimum Gasteiger partial charge on any atom is -0.350 e. The molecule has 0 aliphatic rings. The Hall–Kier alpha value is -2.34. The van der Waals surface area contributed by atoms with Crippen molar-refractivity contribution < 1.29 is 13.2 Å². The molecule has 1 atom stereocenters. The molecule has 2 aromatic carbocycles. The predicted octanol–water partition coefficient (Wildman–Crippen LogP) is 4.29. The van der Waals surface area contributed by atoms with Gasteiger partial charge in [0.05, 0.1) is 18.0 Å². The van der Waals surface area contributed by atoms with Gasteiger partial charge < -0.3 is 5.32 Å². The summed E-state index contributed by atoms with van der Waals surface area (Å²) in [6, 6.07) is 13.8. The average molecular weight is 417 g/mol. The van der Waals surface area contributed by atoms with E-state index in [-0.39, 0.29) is 24.9 Å². The molecule has 0 saturated carbocycles. The Balaban J connectivity index is 1.96. The van der Waals surface area contributed by atoms with Crippen LogP contribution in [-0.4, -0.2) is 27.1 Å². The first-order valence-electron chi connectivity index (χ1n) is 10.1. The number of hydrogen-bond acceptors (Lipinski definition) is 3. The first-order valence-corrected chi connectivity index (χ1v) is 11.9. The zero-order chi connectivity index (χ0) is 21.6. The van der Waals surface area contributed by atoms with Crippen molar-refractivity contribution in [3.8, 4) is 0 Å². The first-order chi connectivity index (χ1) is 13.6. The van der Waals surface area contributed by atoms with Gasteiger partial charge in [0.2, 0.25) is 15.9 Å². The molecule has 0 aliphatic heterocycles. The molecule has 0 spiro atoms. The van der Waals surface area contributed by atoms with Crippen LogP contribution in [0, 0.1) is 13.8 Å². The highest BCUT2D eigenvalue weighted by atomic mass is 32.2. The van der Waals surface area contributed by atoms with Crippen molar-refractivity contribution in [3.05, 3.63) is 64.7 Å². The lowest BCUT2D eigenvalue weighted by Gasteiger charge is -2.25. The second-order valence-electron chi connectivity index (χ2n) is 7.54. The minimum atomic E-state index is -3.43. The van der Waals surface area contributed by atoms with Crippen LogP contribution in [0.2, 0.25) is 0 Å². The van der Waals surface area contributed by atoms with E-state index in [1.807, 2.05) is 51.1 Å². The summed E-state index contributed by atoms with van der Waals surface area (Å²) < 4.78 is 26.0. The van der Waals surface area contributed by atoms with Gasteiger partial charge in [0.1, 0.15) is 0 Å². The van der Waals surface area contributed by atoms with Gasteiger partial charge in [-0.05, 0) is 61.9 Å². The summed E-state index contributed by atoms with van der Waals surface area (Å²) in [5.41, 5.74) is 4.98. The number of rotatable bonds is 9. The van der Waals surface area contributed by atoms with Crippen LogP contribution in [0.25, 0.3) is 0 Å². The van der Waals surface area contributed by atoms with E-state index in [0.717, 1.165) is 23.1 Å². The molecule has 0 radical (unpaired) electrons. The van der Waals surface area contributed by atoms with E-state index in [1.54, 1.807) is 0 Å². The van der Waals surface area contributed by atoms with Gasteiger partial charge in [0, 0.05) is 13.0 Å². The third kappa shape index (κ3) is 6.32. The summed E-state index contributed by atoms with van der Waals surface area (Å²) in [7, 11) is -3.43. The summed E-state index contributed by atoms with van der Waals surface area (Å²) in [5, 5.41) is 3.00. The van der Waals surface area contributed by atoms with Crippen molar-refractivity contribution in [1.29, 1.82) is 0 Å². The SMILES string of the molecule is CCc1ccc([C@@H](C)NC(=O)CCCN(c2cccc(C)c2C)S(C)(=O)=O)cc1. The number of amides is 1. The minimum absolute atomic E-state index is 0.0773. The van der Waals surface area contributed by atoms with Crippen LogP contribution >= 0.6 is 0 Å². The monoisotopic (exact) mass is 416 g/mol. The number of nitrogens with one attached hydrogen (secondary N) is 1. The number of carbonyl (C=O) groups is 1. The van der Waals surface area contributed by atoms with Gasteiger partial charge in [-0.15, -0.1) is 0 Å². The second-order valence-corrected chi connectivity index (χ2v) is 9.45. The number of anilines is 1. The normalized spacial score (nSPS) is 12.4. The lowest BCUT2D eigenvalue weighted by Crippen LogP contribution is -2.33. The van der Waals surface area contributed by atoms with Crippen LogP contribution < -0.4 is 9.62 Å². The lowest BCUT2D eigenvalue weighted by atomic mass is 10.0. The Morgan fingerprint density at radius 2 is 1.76 bits per heavy atom. The Bertz CT molecular complexity index is 937. The van der Waals surface area contributed by atoms with Crippen molar-refractivity contribution in [1.82, 2.24) is 5.32 Å². The molecule has 0 heterocycles. The molecule has 1 amide bonds. The van der Waals surface area contributed by atoms with Gasteiger partial charge in [-0.1, -0.05) is 43.3 Å². The summed E-state index contributed by atoms with van der Waals surface area (Å²) >= 11 is 0. The van der Waals surface area contributed by atoms with Gasteiger partial charge in [-0.3, -0.25) is 9.10 Å². The molecule has 1 N–H and O–H groups in total. The quantitative estimate of drug-likeness (QED) is 0.663. The molecule has 158 valence electrons. The zero-order valence-electron chi connectivity index (χ0n) is 18.0. The highest BCUT2D eigenvalue weighted by Crippen LogP contribution is 2.25. The molecule has 29 heavy (non-hydrogen) atoms. The van der Waals surface area contributed by atoms with Gasteiger partial charge >= 0.3 is 0 Å². The van der Waals surface area contributed by atoms with E-state index >= 15 is 0 Å². The van der Waals surface area contributed by atoms with Crippen LogP contribution in [0.1, 0.15) is 55.0 Å². The van der Waals surface area contributed by atoms with E-state index in [0.29, 0.717) is 12.1 Å². The number of sulfonamides is 1. The summed E-state index contributed by atoms with van der Waals surface area (Å²) in [5.74, 6) is -0.0773. The van der Waals surface area contributed by atoms with E-state index in [9.17, 15) is 13.2 Å². The lowest BCUT2D eigenvalue weighted by molar-refractivity contribution is -0.121. The number of nitrogens with zero attached hydrogens (tertiary/aromatic N) is 1. The maximum Gasteiger partial charge on any atom is 0.232 e. The van der Waals surface area contributed by atoms with E-state index < -0.39 is 10.0 Å². The third-order valence-corrected chi connectivity index (χ3v) is 6.46. The predicted molar refractivity (Wildman–Crippen MR) is 120 cm³/mol. The van der Waals surface area contributed by atoms with E-state index in [4.69, 9.17) is 0 Å². The molecule has 0 bridgehead atoms. The molecule has 2 rings (SSSR count). The Morgan fingerprint density at radius 1 is 1.10 bits per heavy atom. The molecule has 0 unspecified atom stereocenters. The molecule has 0 aromatic heterocycles. The second kappa shape index (κ2) is 9.92. The molecule has 2 aromatic rings. The summed E-state index contributed by atoms with van der Waals surface area (Å²) in [6.07, 6.45) is 2.91. The van der Waals surface area contributed by atoms with Crippen LogP contribution in [-0.2, 0) is 21.2 Å². The number of aryl methyl sites for hydroxylation is 2. The van der Waals surface area contributed by atoms with Crippen molar-refractivity contribution in [2.75, 3.05) is 17.1 Å². The van der Waals surface area contributed by atoms with Crippen molar-refractivity contribution in [2.24, 2.45) is 0 Å². The van der Waals surface area contributed by atoms with E-state index in [2.05, 4.69) is 24.4 Å². The van der Waals surface area contributed by atoms with E-state index in [1.165, 1.54) is 16.1 Å². The molecule has 0 aliphatic carbocycles. The largest absolute Gasteiger partial charge is 0.350 e. The Labute approximate surface area is 175 Å². The topological polar surface area (TPSA) is 66.5 Å². The molecule has 5 nitrogen and oxygen atoms in total. The fourth-order valence-electron chi connectivity index (χ4n) is 3.29. The maximum atomic E-state index is 12.4. The smallest absolute Gasteiger partial charge is 0.232 e. The number of hydrogen-bond donors (Lipinski definition) is 1. The fourth-order valence-corrected chi connectivity index (χ4v) is 4.31. The summed E-state index contributed by atoms with van der Waals surface area (Å²) in [4.78, 5) is 12.4. The molecular weight excluding hydrogens is 384 g/mol. The van der Waals surface area contributed by atoms with Crippen LogP contribution in [0.15, 0.2) is 42.5 Å². The Kier molecular flexibility index (Phi) is 7.85. The summed E-state index contributed by atoms with van der Waals surface area (Å²) in [6.45, 7) is 8.22. The maximum absolute atomic E-state index is 12.4. The van der Waals surface area contributed by atoms with Gasteiger partial charge in [-0.2, -0.15) is 0 Å². The molecule has 0 fully saturated rings.